The van der Waals surface area contributed by atoms with Crippen LogP contribution in [0, 0.1) is 46.3 Å². The first-order valence-electron chi connectivity index (χ1n) is 18.5. The highest BCUT2D eigenvalue weighted by atomic mass is 16.1. The topological polar surface area (TPSA) is 29.1 Å². The summed E-state index contributed by atoms with van der Waals surface area (Å²) in [5.41, 5.74) is 2.61. The van der Waals surface area contributed by atoms with E-state index in [1.165, 1.54) is 120 Å². The summed E-state index contributed by atoms with van der Waals surface area (Å²) >= 11 is 0. The molecule has 1 aromatic carbocycles. The van der Waals surface area contributed by atoms with Crippen LogP contribution in [0.4, 0.5) is 0 Å². The van der Waals surface area contributed by atoms with Crippen molar-refractivity contribution < 1.29 is 9.28 Å². The van der Waals surface area contributed by atoms with Gasteiger partial charge in [-0.2, -0.15) is 0 Å². The average molecular weight is 576 g/mol. The zero-order valence-electron chi connectivity index (χ0n) is 27.6. The fraction of sp³-hybridized carbons (Fsp3) is 0.821. The Bertz CT molecular complexity index is 1030. The number of aryl methyl sites for hydroxylation is 1. The van der Waals surface area contributed by atoms with E-state index in [0.29, 0.717) is 22.7 Å². The standard InChI is InChI=1S/C39H62N2O/c1-30(16-21-37(42)40-25-29-41(26-9-10-27-41)28-11-14-31-12-5-4-6-13-31)34-19-20-35-33-18-17-32-15-7-8-23-38(32,2)36(33)22-24-39(34,35)3/h4-6,12-13,30,32-36H,7-11,14-29H2,1-3H3/p+1/t30-,32?,33+,34-,35+,36+,38+,39-/m1/s1. The summed E-state index contributed by atoms with van der Waals surface area (Å²) in [6, 6.07) is 10.9. The second kappa shape index (κ2) is 12.9. The quantitative estimate of drug-likeness (QED) is 0.262. The van der Waals surface area contributed by atoms with Gasteiger partial charge in [0.1, 0.15) is 0 Å². The number of fused-ring (bicyclic) bond motifs is 5. The molecule has 4 saturated carbocycles. The van der Waals surface area contributed by atoms with Gasteiger partial charge in [-0.3, -0.25) is 4.79 Å². The molecule has 1 N–H and O–H groups in total. The van der Waals surface area contributed by atoms with Gasteiger partial charge in [0.25, 0.3) is 0 Å². The third-order valence-electron chi connectivity index (χ3n) is 14.5. The van der Waals surface area contributed by atoms with Gasteiger partial charge in [0.05, 0.1) is 32.7 Å². The third kappa shape index (κ3) is 6.12. The van der Waals surface area contributed by atoms with E-state index in [-0.39, 0.29) is 0 Å². The number of nitrogens with zero attached hydrogens (tertiary/aromatic N) is 1. The molecule has 234 valence electrons. The summed E-state index contributed by atoms with van der Waals surface area (Å²) in [4.78, 5) is 13.0. The van der Waals surface area contributed by atoms with Crippen LogP contribution in [-0.4, -0.2) is 43.1 Å². The first kappa shape index (κ1) is 30.7. The Balaban J connectivity index is 0.956. The van der Waals surface area contributed by atoms with Gasteiger partial charge in [0.15, 0.2) is 0 Å². The predicted octanol–water partition coefficient (Wildman–Crippen LogP) is 8.81. The lowest BCUT2D eigenvalue weighted by Crippen LogP contribution is -2.53. The van der Waals surface area contributed by atoms with Crippen LogP contribution in [0.1, 0.15) is 123 Å². The summed E-state index contributed by atoms with van der Waals surface area (Å²) in [7, 11) is 0. The van der Waals surface area contributed by atoms with E-state index < -0.39 is 0 Å². The highest BCUT2D eigenvalue weighted by Gasteiger charge is 2.60. The highest BCUT2D eigenvalue weighted by Crippen LogP contribution is 2.68. The first-order chi connectivity index (χ1) is 20.3. The Morgan fingerprint density at radius 3 is 2.48 bits per heavy atom. The van der Waals surface area contributed by atoms with Gasteiger partial charge in [0.2, 0.25) is 5.91 Å². The maximum absolute atomic E-state index is 13.0. The minimum Gasteiger partial charge on any atom is -0.350 e. The Kier molecular flexibility index (Phi) is 9.45. The maximum atomic E-state index is 13.0. The zero-order valence-corrected chi connectivity index (χ0v) is 27.6. The van der Waals surface area contributed by atoms with Crippen LogP contribution >= 0.6 is 0 Å². The van der Waals surface area contributed by atoms with E-state index >= 15 is 0 Å². The Morgan fingerprint density at radius 1 is 0.881 bits per heavy atom. The van der Waals surface area contributed by atoms with Crippen LogP contribution < -0.4 is 5.32 Å². The lowest BCUT2D eigenvalue weighted by Gasteiger charge is -2.61. The summed E-state index contributed by atoms with van der Waals surface area (Å²) in [6.45, 7) is 13.7. The molecule has 1 aliphatic heterocycles. The van der Waals surface area contributed by atoms with Crippen molar-refractivity contribution in [2.75, 3.05) is 32.7 Å². The molecule has 1 heterocycles. The molecule has 42 heavy (non-hydrogen) atoms. The molecule has 0 radical (unpaired) electrons. The number of amides is 1. The van der Waals surface area contributed by atoms with Crippen LogP contribution in [0.25, 0.3) is 0 Å². The fourth-order valence-electron chi connectivity index (χ4n) is 12.2. The van der Waals surface area contributed by atoms with Crippen molar-refractivity contribution in [3.63, 3.8) is 0 Å². The van der Waals surface area contributed by atoms with Crippen molar-refractivity contribution in [1.82, 2.24) is 5.32 Å². The largest absolute Gasteiger partial charge is 0.350 e. The molecule has 1 saturated heterocycles. The third-order valence-corrected chi connectivity index (χ3v) is 14.5. The summed E-state index contributed by atoms with van der Waals surface area (Å²) < 4.78 is 1.22. The second-order valence-corrected chi connectivity index (χ2v) is 16.5. The van der Waals surface area contributed by atoms with Gasteiger partial charge < -0.3 is 9.80 Å². The molecule has 1 unspecified atom stereocenters. The van der Waals surface area contributed by atoms with Gasteiger partial charge in [-0.1, -0.05) is 63.9 Å². The molecular weight excluding hydrogens is 512 g/mol. The molecule has 5 fully saturated rings. The zero-order chi connectivity index (χ0) is 29.2. The van der Waals surface area contributed by atoms with E-state index in [1.807, 2.05) is 0 Å². The molecular formula is C39H63N2O+. The van der Waals surface area contributed by atoms with Crippen LogP contribution in [0.2, 0.25) is 0 Å². The average Bonchev–Trinajstić information content (AvgIpc) is 3.60. The van der Waals surface area contributed by atoms with Crippen LogP contribution in [0.3, 0.4) is 0 Å². The van der Waals surface area contributed by atoms with Crippen molar-refractivity contribution in [2.24, 2.45) is 46.3 Å². The Hall–Kier alpha value is -1.35. The van der Waals surface area contributed by atoms with Gasteiger partial charge in [0, 0.05) is 25.7 Å². The smallest absolute Gasteiger partial charge is 0.220 e. The minimum atomic E-state index is 0.301. The fourth-order valence-corrected chi connectivity index (χ4v) is 12.2. The van der Waals surface area contributed by atoms with E-state index in [4.69, 9.17) is 0 Å². The number of nitrogens with one attached hydrogen (secondary N) is 1. The molecule has 1 aromatic rings. The molecule has 0 spiro atoms. The molecule has 3 heteroatoms. The number of carbonyl (C=O) groups is 1. The first-order valence-corrected chi connectivity index (χ1v) is 18.5. The van der Waals surface area contributed by atoms with Gasteiger partial charge in [-0.25, -0.2) is 0 Å². The molecule has 4 aliphatic carbocycles. The number of carbonyl (C=O) groups excluding carboxylic acids is 1. The Labute approximate surface area is 258 Å². The number of hydrogen-bond acceptors (Lipinski definition) is 1. The molecule has 6 rings (SSSR count). The monoisotopic (exact) mass is 575 g/mol. The van der Waals surface area contributed by atoms with Gasteiger partial charge in [-0.05, 0) is 116 Å². The van der Waals surface area contributed by atoms with Crippen molar-refractivity contribution >= 4 is 5.91 Å². The normalized spacial score (nSPS) is 37.8. The molecule has 0 aromatic heterocycles. The van der Waals surface area contributed by atoms with E-state index in [9.17, 15) is 4.79 Å². The van der Waals surface area contributed by atoms with E-state index in [2.05, 4.69) is 56.4 Å². The van der Waals surface area contributed by atoms with Gasteiger partial charge >= 0.3 is 0 Å². The van der Waals surface area contributed by atoms with Crippen molar-refractivity contribution in [3.05, 3.63) is 35.9 Å². The number of likely N-dealkylation sites (tertiary alicyclic amines) is 1. The van der Waals surface area contributed by atoms with Crippen molar-refractivity contribution in [1.29, 1.82) is 0 Å². The SMILES string of the molecule is C[C@H](CCC(=O)NCC[N+]1(CCCc2ccccc2)CCCC1)[C@H]1CC[C@H]2[C@@H]3CCC4CCCC[C@]4(C)[C@H]3CC[C@]12C. The maximum Gasteiger partial charge on any atom is 0.220 e. The molecule has 5 aliphatic rings. The van der Waals surface area contributed by atoms with Crippen molar-refractivity contribution in [3.8, 4) is 0 Å². The Morgan fingerprint density at radius 2 is 1.67 bits per heavy atom. The minimum absolute atomic E-state index is 0.301. The van der Waals surface area contributed by atoms with Crippen LogP contribution in [0.15, 0.2) is 30.3 Å². The molecule has 8 atom stereocenters. The molecule has 1 amide bonds. The summed E-state index contributed by atoms with van der Waals surface area (Å²) in [5, 5.41) is 3.37. The van der Waals surface area contributed by atoms with Crippen LogP contribution in [-0.2, 0) is 11.2 Å². The van der Waals surface area contributed by atoms with Crippen LogP contribution in [0.5, 0.6) is 0 Å². The van der Waals surface area contributed by atoms with E-state index in [1.54, 1.807) is 0 Å². The number of quaternary nitrogens is 1. The summed E-state index contributed by atoms with van der Waals surface area (Å²) in [5.74, 6) is 5.72. The van der Waals surface area contributed by atoms with Gasteiger partial charge in [-0.15, -0.1) is 0 Å². The summed E-state index contributed by atoms with van der Waals surface area (Å²) in [6.07, 6.45) is 21.7. The number of benzene rings is 1. The highest BCUT2D eigenvalue weighted by molar-refractivity contribution is 5.75. The van der Waals surface area contributed by atoms with Crippen molar-refractivity contribution in [2.45, 2.75) is 124 Å². The molecule has 0 bridgehead atoms. The number of rotatable bonds is 11. The number of hydrogen-bond donors (Lipinski definition) is 1. The predicted molar refractivity (Wildman–Crippen MR) is 175 cm³/mol. The molecule has 3 nitrogen and oxygen atoms in total. The lowest BCUT2D eigenvalue weighted by molar-refractivity contribution is -0.915. The van der Waals surface area contributed by atoms with E-state index in [0.717, 1.165) is 55.5 Å². The lowest BCUT2D eigenvalue weighted by atomic mass is 9.44. The second-order valence-electron chi connectivity index (χ2n) is 16.5.